The highest BCUT2D eigenvalue weighted by Crippen LogP contribution is 2.15. The SMILES string of the molecule is CC(C)CCN1C(C)CNC(=O)C1CC#N. The van der Waals surface area contributed by atoms with E-state index in [-0.39, 0.29) is 18.4 Å². The number of nitrogens with zero attached hydrogens (tertiary/aromatic N) is 2. The molecular formula is C12H21N3O. The van der Waals surface area contributed by atoms with Crippen LogP contribution in [-0.2, 0) is 4.79 Å². The summed E-state index contributed by atoms with van der Waals surface area (Å²) in [5.41, 5.74) is 0. The Labute approximate surface area is 97.6 Å². The maximum Gasteiger partial charge on any atom is 0.238 e. The van der Waals surface area contributed by atoms with Crippen LogP contribution in [-0.4, -0.2) is 36.0 Å². The molecular weight excluding hydrogens is 202 g/mol. The molecule has 0 aliphatic carbocycles. The van der Waals surface area contributed by atoms with E-state index >= 15 is 0 Å². The summed E-state index contributed by atoms with van der Waals surface area (Å²) in [4.78, 5) is 13.8. The van der Waals surface area contributed by atoms with Crippen molar-refractivity contribution >= 4 is 5.91 Å². The third-order valence-corrected chi connectivity index (χ3v) is 3.09. The maximum atomic E-state index is 11.7. The van der Waals surface area contributed by atoms with Crippen molar-refractivity contribution in [3.05, 3.63) is 0 Å². The number of rotatable bonds is 4. The van der Waals surface area contributed by atoms with Gasteiger partial charge in [-0.2, -0.15) is 5.26 Å². The van der Waals surface area contributed by atoms with Gasteiger partial charge in [0.05, 0.1) is 12.5 Å². The Morgan fingerprint density at radius 1 is 1.62 bits per heavy atom. The first-order valence-electron chi connectivity index (χ1n) is 5.96. The van der Waals surface area contributed by atoms with Crippen LogP contribution in [0.3, 0.4) is 0 Å². The van der Waals surface area contributed by atoms with Crippen LogP contribution in [0.5, 0.6) is 0 Å². The third-order valence-electron chi connectivity index (χ3n) is 3.09. The molecule has 90 valence electrons. The lowest BCUT2D eigenvalue weighted by Crippen LogP contribution is -2.59. The summed E-state index contributed by atoms with van der Waals surface area (Å²) >= 11 is 0. The molecule has 1 fully saturated rings. The molecule has 0 aromatic rings. The zero-order valence-electron chi connectivity index (χ0n) is 10.4. The highest BCUT2D eigenvalue weighted by molar-refractivity contribution is 5.82. The van der Waals surface area contributed by atoms with Gasteiger partial charge in [0.25, 0.3) is 0 Å². The van der Waals surface area contributed by atoms with Crippen molar-refractivity contribution in [1.82, 2.24) is 10.2 Å². The Bertz CT molecular complexity index is 282. The topological polar surface area (TPSA) is 56.1 Å². The largest absolute Gasteiger partial charge is 0.353 e. The fraction of sp³-hybridized carbons (Fsp3) is 0.833. The van der Waals surface area contributed by atoms with Crippen LogP contribution in [0, 0.1) is 17.2 Å². The van der Waals surface area contributed by atoms with Crippen molar-refractivity contribution in [1.29, 1.82) is 5.26 Å². The molecule has 0 saturated carbocycles. The van der Waals surface area contributed by atoms with Crippen molar-refractivity contribution in [3.8, 4) is 6.07 Å². The molecule has 1 aliphatic rings. The predicted octanol–water partition coefficient (Wildman–Crippen LogP) is 1.14. The molecule has 0 spiro atoms. The maximum absolute atomic E-state index is 11.7. The van der Waals surface area contributed by atoms with Gasteiger partial charge in [0.2, 0.25) is 5.91 Å². The van der Waals surface area contributed by atoms with Gasteiger partial charge in [0, 0.05) is 12.6 Å². The second-order valence-electron chi connectivity index (χ2n) is 4.89. The normalized spacial score (nSPS) is 26.6. The number of carbonyl (C=O) groups is 1. The minimum absolute atomic E-state index is 0.00315. The number of piperazine rings is 1. The lowest BCUT2D eigenvalue weighted by Gasteiger charge is -2.39. The van der Waals surface area contributed by atoms with Gasteiger partial charge in [-0.3, -0.25) is 9.69 Å². The van der Waals surface area contributed by atoms with E-state index in [0.717, 1.165) is 13.0 Å². The lowest BCUT2D eigenvalue weighted by molar-refractivity contribution is -0.130. The van der Waals surface area contributed by atoms with E-state index in [9.17, 15) is 4.79 Å². The summed E-state index contributed by atoms with van der Waals surface area (Å²) < 4.78 is 0. The molecule has 0 aromatic carbocycles. The monoisotopic (exact) mass is 223 g/mol. The molecule has 2 atom stereocenters. The van der Waals surface area contributed by atoms with E-state index in [2.05, 4.69) is 37.1 Å². The quantitative estimate of drug-likeness (QED) is 0.777. The summed E-state index contributed by atoms with van der Waals surface area (Å²) in [7, 11) is 0. The number of hydrogen-bond acceptors (Lipinski definition) is 3. The lowest BCUT2D eigenvalue weighted by atomic mass is 10.0. The summed E-state index contributed by atoms with van der Waals surface area (Å²) in [6.45, 7) is 8.05. The molecule has 1 aliphatic heterocycles. The Morgan fingerprint density at radius 3 is 2.88 bits per heavy atom. The van der Waals surface area contributed by atoms with Crippen LogP contribution in [0.25, 0.3) is 0 Å². The first-order valence-corrected chi connectivity index (χ1v) is 5.96. The summed E-state index contributed by atoms with van der Waals surface area (Å²) in [6.07, 6.45) is 1.35. The van der Waals surface area contributed by atoms with Gasteiger partial charge in [-0.05, 0) is 25.8 Å². The Kier molecular flexibility index (Phi) is 4.75. The molecule has 2 unspecified atom stereocenters. The van der Waals surface area contributed by atoms with E-state index in [1.807, 2.05) is 0 Å². The van der Waals surface area contributed by atoms with Crippen molar-refractivity contribution < 1.29 is 4.79 Å². The highest BCUT2D eigenvalue weighted by Gasteiger charge is 2.33. The molecule has 1 saturated heterocycles. The summed E-state index contributed by atoms with van der Waals surface area (Å²) in [6, 6.07) is 2.18. The second kappa shape index (κ2) is 5.86. The minimum Gasteiger partial charge on any atom is -0.353 e. The van der Waals surface area contributed by atoms with Crippen molar-refractivity contribution in [3.63, 3.8) is 0 Å². The third kappa shape index (κ3) is 3.21. The van der Waals surface area contributed by atoms with Crippen LogP contribution in [0.2, 0.25) is 0 Å². The standard InChI is InChI=1S/C12H21N3O/c1-9(2)5-7-15-10(3)8-14-12(16)11(15)4-6-13/h9-11H,4-5,7-8H2,1-3H3,(H,14,16). The van der Waals surface area contributed by atoms with Crippen LogP contribution >= 0.6 is 0 Å². The van der Waals surface area contributed by atoms with Crippen molar-refractivity contribution in [2.75, 3.05) is 13.1 Å². The average Bonchev–Trinajstić information content (AvgIpc) is 2.22. The number of nitriles is 1. The first kappa shape index (κ1) is 13.0. The first-order chi connectivity index (χ1) is 7.56. The van der Waals surface area contributed by atoms with Gasteiger partial charge < -0.3 is 5.32 Å². The van der Waals surface area contributed by atoms with E-state index < -0.39 is 0 Å². The highest BCUT2D eigenvalue weighted by atomic mass is 16.2. The molecule has 1 N–H and O–H groups in total. The van der Waals surface area contributed by atoms with Gasteiger partial charge in [0.1, 0.15) is 6.04 Å². The van der Waals surface area contributed by atoms with Gasteiger partial charge in [-0.1, -0.05) is 13.8 Å². The smallest absolute Gasteiger partial charge is 0.238 e. The van der Waals surface area contributed by atoms with Gasteiger partial charge in [-0.25, -0.2) is 0 Å². The van der Waals surface area contributed by atoms with Crippen LogP contribution in [0.15, 0.2) is 0 Å². The van der Waals surface area contributed by atoms with E-state index in [1.165, 1.54) is 0 Å². The van der Waals surface area contributed by atoms with Crippen LogP contribution < -0.4 is 5.32 Å². The van der Waals surface area contributed by atoms with Crippen LogP contribution in [0.1, 0.15) is 33.6 Å². The van der Waals surface area contributed by atoms with E-state index in [0.29, 0.717) is 18.5 Å². The van der Waals surface area contributed by atoms with Crippen LogP contribution in [0.4, 0.5) is 0 Å². The predicted molar refractivity (Wildman–Crippen MR) is 62.7 cm³/mol. The van der Waals surface area contributed by atoms with Gasteiger partial charge in [0.15, 0.2) is 0 Å². The van der Waals surface area contributed by atoms with Crippen molar-refractivity contribution in [2.45, 2.75) is 45.7 Å². The molecule has 0 aromatic heterocycles. The Hall–Kier alpha value is -1.08. The molecule has 1 rings (SSSR count). The van der Waals surface area contributed by atoms with Gasteiger partial charge >= 0.3 is 0 Å². The number of carbonyl (C=O) groups excluding carboxylic acids is 1. The van der Waals surface area contributed by atoms with E-state index in [4.69, 9.17) is 5.26 Å². The van der Waals surface area contributed by atoms with Gasteiger partial charge in [-0.15, -0.1) is 0 Å². The number of amides is 1. The molecule has 0 bridgehead atoms. The zero-order chi connectivity index (χ0) is 12.1. The molecule has 1 heterocycles. The zero-order valence-corrected chi connectivity index (χ0v) is 10.4. The summed E-state index contributed by atoms with van der Waals surface area (Å²) in [5, 5.41) is 11.6. The Morgan fingerprint density at radius 2 is 2.31 bits per heavy atom. The molecule has 16 heavy (non-hydrogen) atoms. The summed E-state index contributed by atoms with van der Waals surface area (Å²) in [5.74, 6) is 0.628. The minimum atomic E-state index is -0.257. The second-order valence-corrected chi connectivity index (χ2v) is 4.89. The molecule has 4 heteroatoms. The number of hydrogen-bond donors (Lipinski definition) is 1. The molecule has 1 amide bonds. The number of nitrogens with one attached hydrogen (secondary N) is 1. The van der Waals surface area contributed by atoms with E-state index in [1.54, 1.807) is 0 Å². The van der Waals surface area contributed by atoms with Crippen molar-refractivity contribution in [2.24, 2.45) is 5.92 Å². The molecule has 4 nitrogen and oxygen atoms in total. The molecule has 0 radical (unpaired) electrons. The average molecular weight is 223 g/mol. The fourth-order valence-corrected chi connectivity index (χ4v) is 2.02. The Balaban J connectivity index is 2.65. The fourth-order valence-electron chi connectivity index (χ4n) is 2.02.